The number of hydrogen-bond donors (Lipinski definition) is 2. The van der Waals surface area contributed by atoms with Gasteiger partial charge in [0.25, 0.3) is 0 Å². The van der Waals surface area contributed by atoms with Gasteiger partial charge in [-0.1, -0.05) is 25.1 Å². The van der Waals surface area contributed by atoms with E-state index < -0.39 is 11.9 Å². The smallest absolute Gasteiger partial charge is 0.321 e. The molecule has 2 rings (SSSR count). The number of benzene rings is 1. The molecule has 1 aromatic heterocycles. The molecule has 1 unspecified atom stereocenters. The van der Waals surface area contributed by atoms with Gasteiger partial charge in [-0.15, -0.1) is 0 Å². The maximum absolute atomic E-state index is 12.2. The zero-order chi connectivity index (χ0) is 16.3. The second-order valence-electron chi connectivity index (χ2n) is 5.38. The van der Waals surface area contributed by atoms with Crippen molar-refractivity contribution in [1.29, 1.82) is 0 Å². The normalized spacial score (nSPS) is 12.0. The largest absolute Gasteiger partial charge is 0.481 e. The van der Waals surface area contributed by atoms with Crippen molar-refractivity contribution in [3.05, 3.63) is 36.0 Å². The van der Waals surface area contributed by atoms with Crippen LogP contribution in [0.3, 0.4) is 0 Å². The van der Waals surface area contributed by atoms with Gasteiger partial charge in [-0.05, 0) is 19.1 Å². The molecule has 2 N–H and O–H groups in total. The van der Waals surface area contributed by atoms with E-state index in [9.17, 15) is 9.59 Å². The number of para-hydroxylation sites is 1. The number of fused-ring (bicyclic) bond motifs is 1. The molecule has 6 heteroatoms. The lowest BCUT2D eigenvalue weighted by atomic mass is 10.1. The van der Waals surface area contributed by atoms with Crippen LogP contribution >= 0.6 is 0 Å². The minimum absolute atomic E-state index is 0.137. The standard InChI is InChI=1S/C16H19N3O3/c1-10(15(20)21)9-19(3)16(22)18-13-6-4-5-12-8-7-11(2)17-14(12)13/h4-8,10H,9H2,1-3H3,(H,18,22)(H,20,21). The molecule has 116 valence electrons. The van der Waals surface area contributed by atoms with Gasteiger partial charge in [0.15, 0.2) is 0 Å². The van der Waals surface area contributed by atoms with E-state index in [4.69, 9.17) is 5.11 Å². The van der Waals surface area contributed by atoms with Crippen LogP contribution in [-0.4, -0.2) is 40.6 Å². The first-order valence-corrected chi connectivity index (χ1v) is 7.00. The van der Waals surface area contributed by atoms with E-state index in [0.717, 1.165) is 16.6 Å². The van der Waals surface area contributed by atoms with Crippen molar-refractivity contribution >= 4 is 28.6 Å². The highest BCUT2D eigenvalue weighted by Crippen LogP contribution is 2.22. The number of hydrogen-bond acceptors (Lipinski definition) is 3. The molecule has 2 aromatic rings. The Morgan fingerprint density at radius 2 is 2.05 bits per heavy atom. The molecule has 0 aliphatic carbocycles. The maximum Gasteiger partial charge on any atom is 0.321 e. The van der Waals surface area contributed by atoms with E-state index in [-0.39, 0.29) is 12.6 Å². The number of urea groups is 1. The van der Waals surface area contributed by atoms with Gasteiger partial charge in [-0.3, -0.25) is 9.78 Å². The molecule has 0 radical (unpaired) electrons. The van der Waals surface area contributed by atoms with Crippen LogP contribution in [0.4, 0.5) is 10.5 Å². The summed E-state index contributed by atoms with van der Waals surface area (Å²) in [6, 6.07) is 9.05. The molecule has 1 atom stereocenters. The molecular formula is C16H19N3O3. The lowest BCUT2D eigenvalue weighted by Gasteiger charge is -2.20. The topological polar surface area (TPSA) is 82.5 Å². The van der Waals surface area contributed by atoms with Crippen molar-refractivity contribution in [2.24, 2.45) is 5.92 Å². The van der Waals surface area contributed by atoms with Crippen molar-refractivity contribution in [2.45, 2.75) is 13.8 Å². The van der Waals surface area contributed by atoms with Crippen LogP contribution in [0, 0.1) is 12.8 Å². The highest BCUT2D eigenvalue weighted by molar-refractivity contribution is 5.99. The number of nitrogens with one attached hydrogen (secondary N) is 1. The molecule has 0 aliphatic heterocycles. The number of aryl methyl sites for hydroxylation is 1. The molecule has 0 spiro atoms. The summed E-state index contributed by atoms with van der Waals surface area (Å²) in [6.07, 6.45) is 0. The highest BCUT2D eigenvalue weighted by atomic mass is 16.4. The number of rotatable bonds is 4. The number of carbonyl (C=O) groups is 2. The van der Waals surface area contributed by atoms with Crippen LogP contribution in [0.15, 0.2) is 30.3 Å². The Bertz CT molecular complexity index is 715. The van der Waals surface area contributed by atoms with Crippen LogP contribution in [0.2, 0.25) is 0 Å². The van der Waals surface area contributed by atoms with Gasteiger partial charge in [-0.2, -0.15) is 0 Å². The molecule has 0 fully saturated rings. The molecule has 22 heavy (non-hydrogen) atoms. The van der Waals surface area contributed by atoms with Gasteiger partial charge in [0, 0.05) is 24.7 Å². The Hall–Kier alpha value is -2.63. The quantitative estimate of drug-likeness (QED) is 0.909. The SMILES string of the molecule is Cc1ccc2cccc(NC(=O)N(C)CC(C)C(=O)O)c2n1. The van der Waals surface area contributed by atoms with E-state index >= 15 is 0 Å². The molecule has 6 nitrogen and oxygen atoms in total. The Labute approximate surface area is 128 Å². The maximum atomic E-state index is 12.2. The number of aliphatic carboxylic acids is 1. The second kappa shape index (κ2) is 6.43. The molecule has 1 heterocycles. The van der Waals surface area contributed by atoms with Gasteiger partial charge in [0.2, 0.25) is 0 Å². The predicted octanol–water partition coefficient (Wildman–Crippen LogP) is 2.73. The van der Waals surface area contributed by atoms with Crippen LogP contribution in [0.5, 0.6) is 0 Å². The molecule has 0 saturated carbocycles. The summed E-state index contributed by atoms with van der Waals surface area (Å²) in [5.41, 5.74) is 2.19. The van der Waals surface area contributed by atoms with Crippen LogP contribution in [0.1, 0.15) is 12.6 Å². The second-order valence-corrected chi connectivity index (χ2v) is 5.38. The summed E-state index contributed by atoms with van der Waals surface area (Å²) in [4.78, 5) is 28.9. The van der Waals surface area contributed by atoms with Crippen LogP contribution < -0.4 is 5.32 Å². The first kappa shape index (κ1) is 15.8. The fourth-order valence-electron chi connectivity index (χ4n) is 2.13. The number of pyridine rings is 1. The predicted molar refractivity (Wildman–Crippen MR) is 84.9 cm³/mol. The Morgan fingerprint density at radius 1 is 1.32 bits per heavy atom. The van der Waals surface area contributed by atoms with Crippen LogP contribution in [0.25, 0.3) is 10.9 Å². The lowest BCUT2D eigenvalue weighted by molar-refractivity contribution is -0.141. The van der Waals surface area contributed by atoms with E-state index in [0.29, 0.717) is 5.69 Å². The first-order chi connectivity index (χ1) is 10.4. The number of carboxylic acid groups (broad SMARTS) is 1. The first-order valence-electron chi connectivity index (χ1n) is 7.00. The van der Waals surface area contributed by atoms with Crippen molar-refractivity contribution in [1.82, 2.24) is 9.88 Å². The number of anilines is 1. The van der Waals surface area contributed by atoms with E-state index in [2.05, 4.69) is 10.3 Å². The minimum Gasteiger partial charge on any atom is -0.481 e. The number of carbonyl (C=O) groups excluding carboxylic acids is 1. The summed E-state index contributed by atoms with van der Waals surface area (Å²) in [5.74, 6) is -1.55. The van der Waals surface area contributed by atoms with E-state index in [1.807, 2.05) is 31.2 Å². The summed E-state index contributed by atoms with van der Waals surface area (Å²) < 4.78 is 0. The third kappa shape index (κ3) is 3.52. The number of aromatic nitrogens is 1. The average Bonchev–Trinajstić information content (AvgIpc) is 2.47. The number of amides is 2. The molecule has 0 aliphatic rings. The fourth-order valence-corrected chi connectivity index (χ4v) is 2.13. The van der Waals surface area contributed by atoms with Crippen LogP contribution in [-0.2, 0) is 4.79 Å². The van der Waals surface area contributed by atoms with Gasteiger partial charge in [0.1, 0.15) is 0 Å². The summed E-state index contributed by atoms with van der Waals surface area (Å²) in [7, 11) is 1.57. The number of carboxylic acids is 1. The minimum atomic E-state index is -0.929. The molecule has 1 aromatic carbocycles. The Morgan fingerprint density at radius 3 is 2.73 bits per heavy atom. The summed E-state index contributed by atoms with van der Waals surface area (Å²) in [6.45, 7) is 3.59. The molecule has 2 amide bonds. The monoisotopic (exact) mass is 301 g/mol. The Kier molecular flexibility index (Phi) is 4.60. The van der Waals surface area contributed by atoms with E-state index in [1.165, 1.54) is 4.90 Å². The van der Waals surface area contributed by atoms with Gasteiger partial charge >= 0.3 is 12.0 Å². The third-order valence-electron chi connectivity index (χ3n) is 3.42. The van der Waals surface area contributed by atoms with E-state index in [1.54, 1.807) is 20.0 Å². The van der Waals surface area contributed by atoms with Crippen molar-refractivity contribution in [3.8, 4) is 0 Å². The summed E-state index contributed by atoms with van der Waals surface area (Å²) in [5, 5.41) is 12.6. The fraction of sp³-hybridized carbons (Fsp3) is 0.312. The lowest BCUT2D eigenvalue weighted by Crippen LogP contribution is -2.36. The van der Waals surface area contributed by atoms with Gasteiger partial charge in [0.05, 0.1) is 17.1 Å². The van der Waals surface area contributed by atoms with Crippen molar-refractivity contribution in [2.75, 3.05) is 18.9 Å². The Balaban J connectivity index is 2.18. The molecule has 0 saturated heterocycles. The van der Waals surface area contributed by atoms with Crippen molar-refractivity contribution in [3.63, 3.8) is 0 Å². The zero-order valence-electron chi connectivity index (χ0n) is 12.8. The van der Waals surface area contributed by atoms with Gasteiger partial charge < -0.3 is 15.3 Å². The highest BCUT2D eigenvalue weighted by Gasteiger charge is 2.18. The average molecular weight is 301 g/mol. The summed E-state index contributed by atoms with van der Waals surface area (Å²) >= 11 is 0. The molecule has 0 bridgehead atoms. The van der Waals surface area contributed by atoms with Gasteiger partial charge in [-0.25, -0.2) is 4.79 Å². The number of nitrogens with zero attached hydrogens (tertiary/aromatic N) is 2. The van der Waals surface area contributed by atoms with Crippen molar-refractivity contribution < 1.29 is 14.7 Å². The molecular weight excluding hydrogens is 282 g/mol. The zero-order valence-corrected chi connectivity index (χ0v) is 12.8. The third-order valence-corrected chi connectivity index (χ3v) is 3.42.